The minimum Gasteiger partial charge on any atom is -0.506 e. The average Bonchev–Trinajstić information content (AvgIpc) is 3.35. The van der Waals surface area contributed by atoms with E-state index in [1.807, 2.05) is 0 Å². The van der Waals surface area contributed by atoms with Gasteiger partial charge in [0.25, 0.3) is 0 Å². The Kier molecular flexibility index (Phi) is 7.24. The number of ether oxygens (including phenoxy) is 2. The number of piperidine rings is 1. The maximum Gasteiger partial charge on any atom is 0.243 e. The summed E-state index contributed by atoms with van der Waals surface area (Å²) in [7, 11) is -1.46. The Labute approximate surface area is 227 Å². The van der Waals surface area contributed by atoms with Crippen molar-refractivity contribution in [2.24, 2.45) is 4.99 Å². The Morgan fingerprint density at radius 3 is 2.65 bits per heavy atom. The molecule has 0 radical (unpaired) electrons. The second-order valence-electron chi connectivity index (χ2n) is 8.69. The van der Waals surface area contributed by atoms with Gasteiger partial charge in [0.05, 0.1) is 38.8 Å². The van der Waals surface area contributed by atoms with Gasteiger partial charge >= 0.3 is 0 Å². The van der Waals surface area contributed by atoms with Crippen LogP contribution in [0.1, 0.15) is 12.2 Å². The van der Waals surface area contributed by atoms with Crippen molar-refractivity contribution < 1.29 is 32.5 Å². The number of aliphatic hydroxyl groups is 1. The summed E-state index contributed by atoms with van der Waals surface area (Å²) in [6.45, 7) is -0.0416. The SMILES string of the molecule is COC1=NC(c2nnc(NS(=O)(=O)[C@@H]3C[C@H](O)CN(c4ncc(F)cn4)C3)n2-c2c(O)cccc2OC)=C=C=C1. The highest BCUT2D eigenvalue weighted by molar-refractivity contribution is 7.93. The molecule has 2 aromatic heterocycles. The molecule has 0 bridgehead atoms. The van der Waals surface area contributed by atoms with Crippen LogP contribution in [-0.2, 0) is 14.8 Å². The number of benzene rings is 1. The zero-order valence-electron chi connectivity index (χ0n) is 21.2. The monoisotopic (exact) mass is 570 g/mol. The van der Waals surface area contributed by atoms with E-state index in [0.29, 0.717) is 0 Å². The molecular weight excluding hydrogens is 547 g/mol. The van der Waals surface area contributed by atoms with Gasteiger partial charge in [-0.1, -0.05) is 11.8 Å². The van der Waals surface area contributed by atoms with E-state index in [2.05, 4.69) is 41.3 Å². The lowest BCUT2D eigenvalue weighted by atomic mass is 10.1. The summed E-state index contributed by atoms with van der Waals surface area (Å²) in [4.78, 5) is 13.5. The number of hydrogen-bond donors (Lipinski definition) is 3. The molecule has 14 nitrogen and oxygen atoms in total. The molecule has 3 N–H and O–H groups in total. The number of nitrogens with zero attached hydrogens (tertiary/aromatic N) is 7. The summed E-state index contributed by atoms with van der Waals surface area (Å²) in [5.74, 6) is -0.770. The van der Waals surface area contributed by atoms with Gasteiger partial charge in [0.2, 0.25) is 27.8 Å². The van der Waals surface area contributed by atoms with Crippen molar-refractivity contribution in [1.29, 1.82) is 0 Å². The molecule has 0 amide bonds. The number of aliphatic imine (C=N–C) groups is 1. The molecule has 1 aromatic carbocycles. The molecule has 0 saturated carbocycles. The van der Waals surface area contributed by atoms with Crippen LogP contribution in [-0.4, -0.2) is 87.9 Å². The lowest BCUT2D eigenvalue weighted by Crippen LogP contribution is -2.50. The van der Waals surface area contributed by atoms with Gasteiger partial charge in [-0.15, -0.1) is 10.2 Å². The number of halogens is 1. The van der Waals surface area contributed by atoms with Gasteiger partial charge in [0, 0.05) is 13.1 Å². The summed E-state index contributed by atoms with van der Waals surface area (Å²) in [5, 5.41) is 28.2. The molecule has 4 heterocycles. The lowest BCUT2D eigenvalue weighted by Gasteiger charge is -2.35. The molecule has 40 heavy (non-hydrogen) atoms. The van der Waals surface area contributed by atoms with Crippen molar-refractivity contribution in [3.05, 3.63) is 59.8 Å². The van der Waals surface area contributed by atoms with Crippen molar-refractivity contribution in [2.75, 3.05) is 36.9 Å². The van der Waals surface area contributed by atoms with Crippen LogP contribution in [0.25, 0.3) is 11.4 Å². The zero-order valence-corrected chi connectivity index (χ0v) is 22.0. The Balaban J connectivity index is 1.56. The number of rotatable bonds is 7. The maximum absolute atomic E-state index is 13.6. The van der Waals surface area contributed by atoms with Crippen LogP contribution in [0.2, 0.25) is 0 Å². The highest BCUT2D eigenvalue weighted by Gasteiger charge is 2.37. The Hall–Kier alpha value is -4.75. The van der Waals surface area contributed by atoms with Crippen LogP contribution in [0.3, 0.4) is 0 Å². The first-order valence-corrected chi connectivity index (χ1v) is 13.3. The quantitative estimate of drug-likeness (QED) is 0.345. The van der Waals surface area contributed by atoms with E-state index in [1.165, 1.54) is 35.8 Å². The molecule has 1 saturated heterocycles. The third-order valence-electron chi connectivity index (χ3n) is 6.07. The maximum atomic E-state index is 13.6. The zero-order chi connectivity index (χ0) is 28.4. The molecule has 0 unspecified atom stereocenters. The number of nitrogens with one attached hydrogen (secondary N) is 1. The number of β-amino-alcohol motifs (C(OH)–C–C–N with tert-alkyl or cyclic N) is 1. The van der Waals surface area contributed by atoms with Gasteiger partial charge in [-0.2, -0.15) is 0 Å². The van der Waals surface area contributed by atoms with Gasteiger partial charge in [-0.3, -0.25) is 9.29 Å². The van der Waals surface area contributed by atoms with Gasteiger partial charge in [-0.25, -0.2) is 27.8 Å². The molecule has 0 aliphatic carbocycles. The van der Waals surface area contributed by atoms with E-state index in [0.717, 1.165) is 12.4 Å². The molecule has 0 spiro atoms. The summed E-state index contributed by atoms with van der Waals surface area (Å²) in [6.07, 6.45) is 2.21. The first kappa shape index (κ1) is 26.8. The standard InChI is InChI=1S/C24H23FN8O6S/c1-38-19-7-4-6-18(35)21(19)33-22(17-5-3-8-20(28-17)39-2)29-30-24(33)31-40(36,37)16-9-15(34)12-32(13-16)23-26-10-14(25)11-27-23/h4,6-8,10-11,15-16,34-35H,9,12-13H2,1-2H3,(H,30,31)/t15-,16+/m0/s1. The van der Waals surface area contributed by atoms with Crippen molar-refractivity contribution in [1.82, 2.24) is 24.7 Å². The van der Waals surface area contributed by atoms with Crippen LogP contribution in [0.15, 0.2) is 53.1 Å². The van der Waals surface area contributed by atoms with Crippen LogP contribution >= 0.6 is 0 Å². The van der Waals surface area contributed by atoms with Gasteiger partial charge < -0.3 is 24.6 Å². The molecule has 1 fully saturated rings. The van der Waals surface area contributed by atoms with E-state index in [1.54, 1.807) is 12.1 Å². The smallest absolute Gasteiger partial charge is 0.243 e. The van der Waals surface area contributed by atoms with E-state index in [4.69, 9.17) is 9.47 Å². The molecule has 5 rings (SSSR count). The average molecular weight is 571 g/mol. The van der Waals surface area contributed by atoms with Gasteiger partial charge in [0.1, 0.15) is 22.4 Å². The fraction of sp³-hybridized carbons (Fsp3) is 0.292. The van der Waals surface area contributed by atoms with E-state index in [9.17, 15) is 23.0 Å². The molecule has 2 aliphatic heterocycles. The number of para-hydroxylation sites is 1. The van der Waals surface area contributed by atoms with E-state index < -0.39 is 27.2 Å². The van der Waals surface area contributed by atoms with Crippen molar-refractivity contribution in [2.45, 2.75) is 17.8 Å². The largest absolute Gasteiger partial charge is 0.506 e. The van der Waals surface area contributed by atoms with E-state index >= 15 is 0 Å². The minimum atomic E-state index is -4.25. The summed E-state index contributed by atoms with van der Waals surface area (Å²) in [6, 6.07) is 4.49. The Morgan fingerprint density at radius 1 is 1.15 bits per heavy atom. The lowest BCUT2D eigenvalue weighted by molar-refractivity contribution is 0.154. The van der Waals surface area contributed by atoms with Crippen molar-refractivity contribution in [3.8, 4) is 17.2 Å². The summed E-state index contributed by atoms with van der Waals surface area (Å²) >= 11 is 0. The first-order chi connectivity index (χ1) is 19.2. The summed E-state index contributed by atoms with van der Waals surface area (Å²) < 4.78 is 54.8. The number of sulfonamides is 1. The Bertz CT molecular complexity index is 1680. The topological polar surface area (TPSA) is 177 Å². The fourth-order valence-electron chi connectivity index (χ4n) is 4.26. The highest BCUT2D eigenvalue weighted by atomic mass is 32.2. The number of phenols is 1. The third kappa shape index (κ3) is 5.24. The van der Waals surface area contributed by atoms with Crippen LogP contribution in [0.5, 0.6) is 11.5 Å². The second kappa shape index (κ2) is 10.8. The van der Waals surface area contributed by atoms with Crippen LogP contribution in [0, 0.1) is 5.82 Å². The number of hydrogen-bond acceptors (Lipinski definition) is 12. The molecule has 2 aliphatic rings. The number of methoxy groups -OCH3 is 2. The first-order valence-electron chi connectivity index (χ1n) is 11.8. The van der Waals surface area contributed by atoms with E-state index in [-0.39, 0.29) is 66.0 Å². The third-order valence-corrected chi connectivity index (χ3v) is 7.75. The number of aromatic nitrogens is 5. The Morgan fingerprint density at radius 2 is 1.93 bits per heavy atom. The van der Waals surface area contributed by atoms with Crippen LogP contribution < -0.4 is 14.4 Å². The van der Waals surface area contributed by atoms with Gasteiger partial charge in [-0.05, 0) is 24.3 Å². The highest BCUT2D eigenvalue weighted by Crippen LogP contribution is 2.36. The normalized spacial score (nSPS) is 18.8. The minimum absolute atomic E-state index is 0.00216. The van der Waals surface area contributed by atoms with Crippen LogP contribution in [0.4, 0.5) is 16.3 Å². The molecule has 16 heteroatoms. The predicted molar refractivity (Wildman–Crippen MR) is 140 cm³/mol. The number of phenolic OH excluding ortho intramolecular Hbond substituents is 1. The van der Waals surface area contributed by atoms with Gasteiger partial charge in [0.15, 0.2) is 17.3 Å². The number of aromatic hydroxyl groups is 1. The predicted octanol–water partition coefficient (Wildman–Crippen LogP) is 1.00. The number of aliphatic hydroxyl groups excluding tert-OH is 1. The van der Waals surface area contributed by atoms with Crippen molar-refractivity contribution in [3.63, 3.8) is 0 Å². The molecular formula is C24H23FN8O6S. The number of anilines is 2. The molecule has 208 valence electrons. The molecule has 3 aromatic rings. The van der Waals surface area contributed by atoms with Crippen molar-refractivity contribution >= 4 is 33.5 Å². The summed E-state index contributed by atoms with van der Waals surface area (Å²) in [5.41, 5.74) is 5.65. The fourth-order valence-corrected chi connectivity index (χ4v) is 5.66. The molecule has 2 atom stereocenters. The second-order valence-corrected chi connectivity index (χ2v) is 10.7.